The maximum Gasteiger partial charge on any atom is 0.161 e. The molecule has 0 aliphatic heterocycles. The van der Waals surface area contributed by atoms with E-state index < -0.39 is 6.10 Å². The molecule has 0 radical (unpaired) electrons. The van der Waals surface area contributed by atoms with Gasteiger partial charge in [-0.25, -0.2) is 0 Å². The van der Waals surface area contributed by atoms with Gasteiger partial charge in [-0.3, -0.25) is 0 Å². The Morgan fingerprint density at radius 3 is 2.71 bits per heavy atom. The van der Waals surface area contributed by atoms with Crippen molar-refractivity contribution in [3.63, 3.8) is 0 Å². The fraction of sp³-hybridized carbons (Fsp3) is 0.625. The van der Waals surface area contributed by atoms with Gasteiger partial charge in [-0.15, -0.1) is 0 Å². The first-order valence-corrected chi connectivity index (χ1v) is 7.51. The van der Waals surface area contributed by atoms with E-state index in [1.165, 1.54) is 0 Å². The summed E-state index contributed by atoms with van der Waals surface area (Å²) in [4.78, 5) is 0. The summed E-state index contributed by atoms with van der Waals surface area (Å²) in [7, 11) is 1.59. The van der Waals surface area contributed by atoms with Gasteiger partial charge in [0.25, 0.3) is 0 Å². The highest BCUT2D eigenvalue weighted by atomic mass is 16.5. The zero-order valence-electron chi connectivity index (χ0n) is 12.5. The van der Waals surface area contributed by atoms with Crippen molar-refractivity contribution in [3.8, 4) is 11.5 Å². The van der Waals surface area contributed by atoms with Crippen molar-refractivity contribution in [2.75, 3.05) is 26.8 Å². The van der Waals surface area contributed by atoms with Gasteiger partial charge in [0, 0.05) is 6.54 Å². The minimum absolute atomic E-state index is 0.143. The van der Waals surface area contributed by atoms with Crippen molar-refractivity contribution in [1.29, 1.82) is 0 Å². The van der Waals surface area contributed by atoms with Crippen molar-refractivity contribution in [3.05, 3.63) is 24.3 Å². The Labute approximate surface area is 125 Å². The molecule has 0 aromatic heterocycles. The number of methoxy groups -OCH3 is 1. The highest BCUT2D eigenvalue weighted by molar-refractivity contribution is 5.39. The Morgan fingerprint density at radius 2 is 2.05 bits per heavy atom. The number of nitrogens with one attached hydrogen (secondary N) is 1. The maximum atomic E-state index is 9.92. The lowest BCUT2D eigenvalue weighted by Crippen LogP contribution is -2.34. The van der Waals surface area contributed by atoms with Crippen LogP contribution in [0, 0.1) is 5.92 Å². The van der Waals surface area contributed by atoms with Gasteiger partial charge in [0.2, 0.25) is 0 Å². The molecule has 3 atom stereocenters. The standard InChI is InChI=1S/C16H25NO4/c1-20-15-4-2-3-5-16(15)21-11-14(19)10-17-9-12-6-7-13(18)8-12/h2-5,12-14,17-19H,6-11H2,1H3. The van der Waals surface area contributed by atoms with Crippen LogP contribution in [0.25, 0.3) is 0 Å². The molecule has 0 saturated heterocycles. The summed E-state index contributed by atoms with van der Waals surface area (Å²) in [6.45, 7) is 1.55. The Bertz CT molecular complexity index is 426. The second-order valence-electron chi connectivity index (χ2n) is 5.61. The second-order valence-corrected chi connectivity index (χ2v) is 5.61. The van der Waals surface area contributed by atoms with E-state index in [1.807, 2.05) is 24.3 Å². The third-order valence-electron chi connectivity index (χ3n) is 3.83. The van der Waals surface area contributed by atoms with E-state index in [0.717, 1.165) is 25.8 Å². The molecule has 118 valence electrons. The van der Waals surface area contributed by atoms with Crippen LogP contribution in [0.2, 0.25) is 0 Å². The fourth-order valence-electron chi connectivity index (χ4n) is 2.67. The molecule has 5 nitrogen and oxygen atoms in total. The number of hydrogen-bond acceptors (Lipinski definition) is 5. The summed E-state index contributed by atoms with van der Waals surface area (Å²) in [5.41, 5.74) is 0. The normalized spacial score (nSPS) is 23.0. The average Bonchev–Trinajstić information content (AvgIpc) is 2.91. The summed E-state index contributed by atoms with van der Waals surface area (Å²) in [6.07, 6.45) is 2.10. The second kappa shape index (κ2) is 8.22. The summed E-state index contributed by atoms with van der Waals surface area (Å²) in [5.74, 6) is 1.82. The molecule has 1 saturated carbocycles. The summed E-state index contributed by atoms with van der Waals surface area (Å²) in [5, 5.41) is 22.6. The van der Waals surface area contributed by atoms with Crippen molar-refractivity contribution in [2.24, 2.45) is 5.92 Å². The van der Waals surface area contributed by atoms with E-state index >= 15 is 0 Å². The molecule has 0 heterocycles. The van der Waals surface area contributed by atoms with Gasteiger partial charge in [-0.1, -0.05) is 12.1 Å². The molecule has 1 fully saturated rings. The molecular formula is C16H25NO4. The van der Waals surface area contributed by atoms with Crippen molar-refractivity contribution >= 4 is 0 Å². The molecule has 1 aromatic carbocycles. The Kier molecular flexibility index (Phi) is 6.29. The first-order valence-electron chi connectivity index (χ1n) is 7.51. The van der Waals surface area contributed by atoms with E-state index in [4.69, 9.17) is 9.47 Å². The third kappa shape index (κ3) is 5.19. The van der Waals surface area contributed by atoms with Crippen LogP contribution in [-0.2, 0) is 0 Å². The van der Waals surface area contributed by atoms with E-state index in [1.54, 1.807) is 7.11 Å². The molecular weight excluding hydrogens is 270 g/mol. The predicted octanol–water partition coefficient (Wildman–Crippen LogP) is 1.19. The first kappa shape index (κ1) is 16.1. The van der Waals surface area contributed by atoms with Gasteiger partial charge in [0.1, 0.15) is 12.7 Å². The lowest BCUT2D eigenvalue weighted by molar-refractivity contribution is 0.103. The molecule has 21 heavy (non-hydrogen) atoms. The number of para-hydroxylation sites is 2. The SMILES string of the molecule is COc1ccccc1OCC(O)CNCC1CCC(O)C1. The van der Waals surface area contributed by atoms with Crippen LogP contribution in [0.15, 0.2) is 24.3 Å². The molecule has 3 unspecified atom stereocenters. The molecule has 0 spiro atoms. The van der Waals surface area contributed by atoms with E-state index in [0.29, 0.717) is 24.0 Å². The predicted molar refractivity (Wildman–Crippen MR) is 80.7 cm³/mol. The summed E-state index contributed by atoms with van der Waals surface area (Å²) >= 11 is 0. The number of hydrogen-bond donors (Lipinski definition) is 3. The topological polar surface area (TPSA) is 71.0 Å². The van der Waals surface area contributed by atoms with Gasteiger partial charge in [0.05, 0.1) is 13.2 Å². The maximum absolute atomic E-state index is 9.92. The zero-order chi connectivity index (χ0) is 15.1. The van der Waals surface area contributed by atoms with Crippen molar-refractivity contribution < 1.29 is 19.7 Å². The largest absolute Gasteiger partial charge is 0.493 e. The van der Waals surface area contributed by atoms with Crippen molar-refractivity contribution in [1.82, 2.24) is 5.32 Å². The number of aliphatic hydroxyl groups is 2. The van der Waals surface area contributed by atoms with Gasteiger partial charge >= 0.3 is 0 Å². The van der Waals surface area contributed by atoms with Crippen LogP contribution in [0.3, 0.4) is 0 Å². The van der Waals surface area contributed by atoms with Gasteiger partial charge in [-0.2, -0.15) is 0 Å². The van der Waals surface area contributed by atoms with Crippen LogP contribution in [0.5, 0.6) is 11.5 Å². The minimum Gasteiger partial charge on any atom is -0.493 e. The molecule has 0 amide bonds. The minimum atomic E-state index is -0.568. The van der Waals surface area contributed by atoms with Crippen molar-refractivity contribution in [2.45, 2.75) is 31.5 Å². The van der Waals surface area contributed by atoms with E-state index in [2.05, 4.69) is 5.32 Å². The lowest BCUT2D eigenvalue weighted by Gasteiger charge is -2.16. The van der Waals surface area contributed by atoms with Gasteiger partial charge in [-0.05, 0) is 43.9 Å². The molecule has 1 aliphatic rings. The molecule has 2 rings (SSSR count). The van der Waals surface area contributed by atoms with E-state index in [-0.39, 0.29) is 12.7 Å². The molecule has 1 aliphatic carbocycles. The van der Waals surface area contributed by atoms with Crippen LogP contribution in [0.1, 0.15) is 19.3 Å². The number of ether oxygens (including phenoxy) is 2. The summed E-state index contributed by atoms with van der Waals surface area (Å²) < 4.78 is 10.8. The number of benzene rings is 1. The highest BCUT2D eigenvalue weighted by Crippen LogP contribution is 2.26. The van der Waals surface area contributed by atoms with Crippen LogP contribution in [0.4, 0.5) is 0 Å². The molecule has 5 heteroatoms. The lowest BCUT2D eigenvalue weighted by atomic mass is 10.1. The molecule has 3 N–H and O–H groups in total. The fourth-order valence-corrected chi connectivity index (χ4v) is 2.67. The first-order chi connectivity index (χ1) is 10.2. The number of rotatable bonds is 8. The van der Waals surface area contributed by atoms with Gasteiger partial charge < -0.3 is 25.0 Å². The van der Waals surface area contributed by atoms with E-state index in [9.17, 15) is 10.2 Å². The van der Waals surface area contributed by atoms with Gasteiger partial charge in [0.15, 0.2) is 11.5 Å². The molecule has 0 bridgehead atoms. The average molecular weight is 295 g/mol. The van der Waals surface area contributed by atoms with Crippen LogP contribution >= 0.6 is 0 Å². The van der Waals surface area contributed by atoms with Crippen LogP contribution in [-0.4, -0.2) is 49.2 Å². The Balaban J connectivity index is 1.64. The molecule has 1 aromatic rings. The zero-order valence-corrected chi connectivity index (χ0v) is 12.5. The Hall–Kier alpha value is -1.30. The monoisotopic (exact) mass is 295 g/mol. The summed E-state index contributed by atoms with van der Waals surface area (Å²) in [6, 6.07) is 7.39. The Morgan fingerprint density at radius 1 is 1.29 bits per heavy atom. The number of aliphatic hydroxyl groups excluding tert-OH is 2. The van der Waals surface area contributed by atoms with Crippen LogP contribution < -0.4 is 14.8 Å². The third-order valence-corrected chi connectivity index (χ3v) is 3.83. The smallest absolute Gasteiger partial charge is 0.161 e. The quantitative estimate of drug-likeness (QED) is 0.672. The highest BCUT2D eigenvalue weighted by Gasteiger charge is 2.22.